The predicted molar refractivity (Wildman–Crippen MR) is 108 cm³/mol. The molecule has 0 bridgehead atoms. The topological polar surface area (TPSA) is 49.6 Å². The molecule has 3 aromatic rings. The van der Waals surface area contributed by atoms with E-state index in [2.05, 4.69) is 15.8 Å². The van der Waals surface area contributed by atoms with E-state index in [0.717, 1.165) is 11.3 Å². The van der Waals surface area contributed by atoms with Gasteiger partial charge in [0, 0.05) is 16.3 Å². The van der Waals surface area contributed by atoms with Crippen molar-refractivity contribution in [3.63, 3.8) is 0 Å². The summed E-state index contributed by atoms with van der Waals surface area (Å²) < 4.78 is 5.71. The average Bonchev–Trinajstić information content (AvgIpc) is 3.06. The van der Waals surface area contributed by atoms with Crippen LogP contribution in [0.4, 0.5) is 5.69 Å². The van der Waals surface area contributed by atoms with Crippen molar-refractivity contribution < 1.29 is 4.42 Å². The van der Waals surface area contributed by atoms with Crippen LogP contribution < -0.4 is 10.7 Å². The number of halogens is 2. The second kappa shape index (κ2) is 8.16. The van der Waals surface area contributed by atoms with Gasteiger partial charge in [0.2, 0.25) is 0 Å². The minimum atomic E-state index is 0.382. The molecule has 0 spiro atoms. The first-order valence-electron chi connectivity index (χ1n) is 7.32. The van der Waals surface area contributed by atoms with Gasteiger partial charge in [0.05, 0.1) is 11.2 Å². The van der Waals surface area contributed by atoms with E-state index in [9.17, 15) is 0 Å². The molecule has 0 fully saturated rings. The summed E-state index contributed by atoms with van der Waals surface area (Å²) in [7, 11) is 0. The van der Waals surface area contributed by atoms with Crippen LogP contribution in [0.5, 0.6) is 0 Å². The van der Waals surface area contributed by atoms with Crippen molar-refractivity contribution in [2.75, 3.05) is 5.32 Å². The average molecular weight is 390 g/mol. The van der Waals surface area contributed by atoms with Crippen molar-refractivity contribution in [3.8, 4) is 11.3 Å². The first-order chi connectivity index (χ1) is 12.1. The Morgan fingerprint density at radius 2 is 1.84 bits per heavy atom. The zero-order valence-corrected chi connectivity index (χ0v) is 15.2. The van der Waals surface area contributed by atoms with Gasteiger partial charge in [-0.1, -0.05) is 41.4 Å². The Morgan fingerprint density at radius 3 is 2.64 bits per heavy atom. The summed E-state index contributed by atoms with van der Waals surface area (Å²) >= 11 is 17.3. The summed E-state index contributed by atoms with van der Waals surface area (Å²) in [6.45, 7) is 0. The number of furan rings is 1. The summed E-state index contributed by atoms with van der Waals surface area (Å²) in [4.78, 5) is 0. The zero-order valence-electron chi connectivity index (χ0n) is 12.9. The van der Waals surface area contributed by atoms with Gasteiger partial charge in [0.25, 0.3) is 0 Å². The van der Waals surface area contributed by atoms with Crippen molar-refractivity contribution in [1.82, 2.24) is 5.43 Å². The summed E-state index contributed by atoms with van der Waals surface area (Å²) in [6.07, 6.45) is 1.53. The lowest BCUT2D eigenvalue weighted by molar-refractivity contribution is 0.574. The molecular weight excluding hydrogens is 377 g/mol. The molecule has 0 aliphatic carbocycles. The first-order valence-corrected chi connectivity index (χ1v) is 8.48. The molecule has 1 heterocycles. The number of hydrazone groups is 1. The molecule has 126 valence electrons. The maximum absolute atomic E-state index is 6.17. The highest BCUT2D eigenvalue weighted by atomic mass is 35.5. The van der Waals surface area contributed by atoms with Crippen molar-refractivity contribution in [3.05, 3.63) is 76.5 Å². The lowest BCUT2D eigenvalue weighted by Crippen LogP contribution is -2.23. The van der Waals surface area contributed by atoms with Gasteiger partial charge in [-0.25, -0.2) is 0 Å². The molecule has 0 saturated carbocycles. The van der Waals surface area contributed by atoms with Crippen LogP contribution >= 0.6 is 35.4 Å². The third kappa shape index (κ3) is 4.82. The molecule has 4 nitrogen and oxygen atoms in total. The molecule has 0 atom stereocenters. The van der Waals surface area contributed by atoms with Crippen molar-refractivity contribution in [2.24, 2.45) is 5.10 Å². The number of hydrogen-bond acceptors (Lipinski definition) is 3. The minimum absolute atomic E-state index is 0.382. The second-order valence-electron chi connectivity index (χ2n) is 5.02. The minimum Gasteiger partial charge on any atom is -0.455 e. The van der Waals surface area contributed by atoms with Crippen LogP contribution in [0, 0.1) is 0 Å². The number of rotatable bonds is 4. The van der Waals surface area contributed by atoms with E-state index in [1.54, 1.807) is 30.3 Å². The van der Waals surface area contributed by atoms with Crippen molar-refractivity contribution in [2.45, 2.75) is 0 Å². The Hall–Kier alpha value is -2.34. The Kier molecular flexibility index (Phi) is 5.71. The summed E-state index contributed by atoms with van der Waals surface area (Å²) in [5.74, 6) is 1.17. The highest BCUT2D eigenvalue weighted by Crippen LogP contribution is 2.31. The molecule has 0 aliphatic rings. The van der Waals surface area contributed by atoms with E-state index in [0.29, 0.717) is 26.7 Å². The Balaban J connectivity index is 1.62. The van der Waals surface area contributed by atoms with Gasteiger partial charge in [0.1, 0.15) is 11.5 Å². The number of benzene rings is 2. The largest absolute Gasteiger partial charge is 0.455 e. The monoisotopic (exact) mass is 389 g/mol. The molecule has 2 aromatic carbocycles. The van der Waals surface area contributed by atoms with Gasteiger partial charge in [-0.15, -0.1) is 0 Å². The maximum Gasteiger partial charge on any atom is 0.191 e. The van der Waals surface area contributed by atoms with Gasteiger partial charge >= 0.3 is 0 Å². The van der Waals surface area contributed by atoms with E-state index in [1.807, 2.05) is 30.3 Å². The molecule has 0 amide bonds. The third-order valence-corrected chi connectivity index (χ3v) is 3.97. The van der Waals surface area contributed by atoms with Crippen LogP contribution in [0.15, 0.2) is 70.2 Å². The highest BCUT2D eigenvalue weighted by molar-refractivity contribution is 7.80. The fraction of sp³-hybridized carbons (Fsp3) is 0. The normalized spacial score (nSPS) is 10.8. The lowest BCUT2D eigenvalue weighted by Gasteiger charge is -2.05. The van der Waals surface area contributed by atoms with E-state index in [-0.39, 0.29) is 0 Å². The van der Waals surface area contributed by atoms with Crippen LogP contribution in [0.25, 0.3) is 11.3 Å². The molecule has 7 heteroatoms. The molecule has 3 rings (SSSR count). The van der Waals surface area contributed by atoms with Crippen LogP contribution in [0.1, 0.15) is 5.76 Å². The van der Waals surface area contributed by atoms with Crippen LogP contribution in [-0.4, -0.2) is 11.3 Å². The molecule has 0 aliphatic heterocycles. The first kappa shape index (κ1) is 17.5. The Morgan fingerprint density at radius 1 is 1.04 bits per heavy atom. The number of thiocarbonyl (C=S) groups is 1. The van der Waals surface area contributed by atoms with Crippen LogP contribution in [0.3, 0.4) is 0 Å². The molecule has 0 radical (unpaired) electrons. The summed E-state index contributed by atoms with van der Waals surface area (Å²) in [5, 5.41) is 8.60. The second-order valence-corrected chi connectivity index (χ2v) is 6.27. The smallest absolute Gasteiger partial charge is 0.191 e. The molecule has 2 N–H and O–H groups in total. The van der Waals surface area contributed by atoms with Gasteiger partial charge in [0.15, 0.2) is 5.11 Å². The fourth-order valence-electron chi connectivity index (χ4n) is 2.09. The van der Waals surface area contributed by atoms with Crippen LogP contribution in [0.2, 0.25) is 10.0 Å². The van der Waals surface area contributed by atoms with Crippen LogP contribution in [-0.2, 0) is 0 Å². The van der Waals surface area contributed by atoms with E-state index in [1.165, 1.54) is 6.21 Å². The SMILES string of the molecule is S=C(NN=Cc1ccc(-c2cc(Cl)ccc2Cl)o1)Nc1ccccc1. The Labute approximate surface area is 160 Å². The number of nitrogens with one attached hydrogen (secondary N) is 2. The standard InChI is InChI=1S/C18H13Cl2N3OS/c19-12-6-8-16(20)15(10-12)17-9-7-14(24-17)11-21-23-18(25)22-13-4-2-1-3-5-13/h1-11H,(H2,22,23,25). The zero-order chi connectivity index (χ0) is 17.6. The quantitative estimate of drug-likeness (QED) is 0.347. The summed E-state index contributed by atoms with van der Waals surface area (Å²) in [5.41, 5.74) is 4.34. The fourth-order valence-corrected chi connectivity index (χ4v) is 2.64. The van der Waals surface area contributed by atoms with Crippen molar-refractivity contribution >= 4 is 52.4 Å². The molecule has 25 heavy (non-hydrogen) atoms. The summed E-state index contributed by atoms with van der Waals surface area (Å²) in [6, 6.07) is 18.4. The van der Waals surface area contributed by atoms with Gasteiger partial charge in [-0.3, -0.25) is 5.43 Å². The molecular formula is C18H13Cl2N3OS. The number of anilines is 1. The van der Waals surface area contributed by atoms with E-state index >= 15 is 0 Å². The van der Waals surface area contributed by atoms with Crippen molar-refractivity contribution in [1.29, 1.82) is 0 Å². The molecule has 1 aromatic heterocycles. The molecule has 0 unspecified atom stereocenters. The lowest BCUT2D eigenvalue weighted by atomic mass is 10.2. The Bertz CT molecular complexity index is 910. The van der Waals surface area contributed by atoms with Gasteiger partial charge < -0.3 is 9.73 Å². The molecule has 0 saturated heterocycles. The predicted octanol–water partition coefficient (Wildman–Crippen LogP) is 5.57. The number of para-hydroxylation sites is 1. The van der Waals surface area contributed by atoms with Gasteiger partial charge in [-0.2, -0.15) is 5.10 Å². The third-order valence-electron chi connectivity index (χ3n) is 3.21. The van der Waals surface area contributed by atoms with Gasteiger partial charge in [-0.05, 0) is 54.7 Å². The highest BCUT2D eigenvalue weighted by Gasteiger charge is 2.08. The van der Waals surface area contributed by atoms with E-state index in [4.69, 9.17) is 39.8 Å². The van der Waals surface area contributed by atoms with E-state index < -0.39 is 0 Å². The number of nitrogens with zero attached hydrogens (tertiary/aromatic N) is 1. The maximum atomic E-state index is 6.17. The number of hydrogen-bond donors (Lipinski definition) is 2.